The first-order chi connectivity index (χ1) is 7.55. The van der Waals surface area contributed by atoms with Crippen LogP contribution in [-0.2, 0) is 14.6 Å². The van der Waals surface area contributed by atoms with E-state index < -0.39 is 9.84 Å². The summed E-state index contributed by atoms with van der Waals surface area (Å²) in [5.41, 5.74) is 0. The molecule has 2 heterocycles. The Hall–Kier alpha value is -0.620. The summed E-state index contributed by atoms with van der Waals surface area (Å²) in [4.78, 5) is 11.6. The Bertz CT molecular complexity index is 360. The smallest absolute Gasteiger partial charge is 0.220 e. The van der Waals surface area contributed by atoms with Crippen LogP contribution in [0.15, 0.2) is 0 Å². The van der Waals surface area contributed by atoms with E-state index in [-0.39, 0.29) is 29.4 Å². The van der Waals surface area contributed by atoms with Crippen LogP contribution < -0.4 is 10.6 Å². The highest BCUT2D eigenvalue weighted by molar-refractivity contribution is 7.91. The van der Waals surface area contributed by atoms with Crippen molar-refractivity contribution in [2.24, 2.45) is 5.92 Å². The molecule has 92 valence electrons. The van der Waals surface area contributed by atoms with Gasteiger partial charge in [0.15, 0.2) is 9.84 Å². The molecule has 2 atom stereocenters. The van der Waals surface area contributed by atoms with E-state index in [1.54, 1.807) is 0 Å². The van der Waals surface area contributed by atoms with Gasteiger partial charge in [-0.3, -0.25) is 4.79 Å². The van der Waals surface area contributed by atoms with Crippen LogP contribution in [-0.4, -0.2) is 45.0 Å². The molecule has 2 fully saturated rings. The second kappa shape index (κ2) is 4.71. The monoisotopic (exact) mass is 246 g/mol. The summed E-state index contributed by atoms with van der Waals surface area (Å²) in [5, 5.41) is 6.11. The summed E-state index contributed by atoms with van der Waals surface area (Å²) in [7, 11) is -2.86. The number of rotatable bonds is 3. The third kappa shape index (κ3) is 3.18. The minimum atomic E-state index is -2.86. The van der Waals surface area contributed by atoms with Gasteiger partial charge in [0.25, 0.3) is 0 Å². The van der Waals surface area contributed by atoms with Crippen LogP contribution in [0.3, 0.4) is 0 Å². The van der Waals surface area contributed by atoms with Crippen molar-refractivity contribution >= 4 is 15.7 Å². The fourth-order valence-corrected chi connectivity index (χ4v) is 4.22. The Morgan fingerprint density at radius 2 is 2.19 bits per heavy atom. The highest BCUT2D eigenvalue weighted by Gasteiger charge is 2.30. The molecule has 2 aliphatic rings. The van der Waals surface area contributed by atoms with Crippen LogP contribution in [0.25, 0.3) is 0 Å². The van der Waals surface area contributed by atoms with E-state index in [1.807, 2.05) is 0 Å². The first-order valence-corrected chi connectivity index (χ1v) is 7.58. The predicted octanol–water partition coefficient (Wildman–Crippen LogP) is -0.711. The van der Waals surface area contributed by atoms with E-state index in [4.69, 9.17) is 0 Å². The Morgan fingerprint density at radius 1 is 1.38 bits per heavy atom. The molecule has 0 aromatic carbocycles. The van der Waals surface area contributed by atoms with Gasteiger partial charge >= 0.3 is 0 Å². The summed E-state index contributed by atoms with van der Waals surface area (Å²) in [6.45, 7) is 1.78. The van der Waals surface area contributed by atoms with Gasteiger partial charge in [0, 0.05) is 19.0 Å². The topological polar surface area (TPSA) is 75.3 Å². The fraction of sp³-hybridized carbons (Fsp3) is 0.900. The maximum absolute atomic E-state index is 11.6. The average molecular weight is 246 g/mol. The van der Waals surface area contributed by atoms with E-state index >= 15 is 0 Å². The van der Waals surface area contributed by atoms with Crippen LogP contribution in [0.4, 0.5) is 0 Å². The number of hydrogen-bond donors (Lipinski definition) is 2. The molecule has 0 aromatic rings. The van der Waals surface area contributed by atoms with Gasteiger partial charge in [-0.15, -0.1) is 0 Å². The zero-order valence-electron chi connectivity index (χ0n) is 9.24. The number of carbonyl (C=O) groups excluding carboxylic acids is 1. The third-order valence-electron chi connectivity index (χ3n) is 3.23. The SMILES string of the molecule is O=C(CC1CCS(=O)(=O)C1)NC1CCNC1. The van der Waals surface area contributed by atoms with Gasteiger partial charge in [0.2, 0.25) is 5.91 Å². The lowest BCUT2D eigenvalue weighted by atomic mass is 10.0. The summed E-state index contributed by atoms with van der Waals surface area (Å²) in [6, 6.07) is 0.227. The van der Waals surface area contributed by atoms with Gasteiger partial charge in [0.05, 0.1) is 11.5 Å². The molecule has 0 radical (unpaired) electrons. The molecular formula is C10H18N2O3S. The van der Waals surface area contributed by atoms with Crippen LogP contribution in [0.5, 0.6) is 0 Å². The van der Waals surface area contributed by atoms with Crippen molar-refractivity contribution in [2.45, 2.75) is 25.3 Å². The molecule has 0 saturated carbocycles. The molecule has 6 heteroatoms. The summed E-state index contributed by atoms with van der Waals surface area (Å²) < 4.78 is 22.5. The molecular weight excluding hydrogens is 228 g/mol. The zero-order valence-corrected chi connectivity index (χ0v) is 10.1. The summed E-state index contributed by atoms with van der Waals surface area (Å²) in [6.07, 6.45) is 1.96. The Balaban J connectivity index is 1.75. The van der Waals surface area contributed by atoms with Crippen LogP contribution in [0.1, 0.15) is 19.3 Å². The first kappa shape index (κ1) is 11.9. The first-order valence-electron chi connectivity index (χ1n) is 5.76. The number of nitrogens with one attached hydrogen (secondary N) is 2. The largest absolute Gasteiger partial charge is 0.352 e. The Kier molecular flexibility index (Phi) is 3.49. The number of carbonyl (C=O) groups is 1. The minimum Gasteiger partial charge on any atom is -0.352 e. The molecule has 1 amide bonds. The lowest BCUT2D eigenvalue weighted by Gasteiger charge is -2.13. The third-order valence-corrected chi connectivity index (χ3v) is 5.06. The highest BCUT2D eigenvalue weighted by atomic mass is 32.2. The highest BCUT2D eigenvalue weighted by Crippen LogP contribution is 2.21. The van der Waals surface area contributed by atoms with Crippen molar-refractivity contribution < 1.29 is 13.2 Å². The molecule has 2 rings (SSSR count). The van der Waals surface area contributed by atoms with Crippen molar-refractivity contribution in [1.29, 1.82) is 0 Å². The quantitative estimate of drug-likeness (QED) is 0.690. The second-order valence-electron chi connectivity index (χ2n) is 4.73. The molecule has 0 spiro atoms. The van der Waals surface area contributed by atoms with Crippen molar-refractivity contribution in [3.05, 3.63) is 0 Å². The van der Waals surface area contributed by atoms with Crippen molar-refractivity contribution in [2.75, 3.05) is 24.6 Å². The maximum Gasteiger partial charge on any atom is 0.220 e. The van der Waals surface area contributed by atoms with Crippen LogP contribution in [0, 0.1) is 5.92 Å². The van der Waals surface area contributed by atoms with E-state index in [2.05, 4.69) is 10.6 Å². The number of amides is 1. The van der Waals surface area contributed by atoms with Crippen molar-refractivity contribution in [1.82, 2.24) is 10.6 Å². The normalized spacial score (nSPS) is 32.8. The van der Waals surface area contributed by atoms with Gasteiger partial charge in [-0.1, -0.05) is 0 Å². The molecule has 2 unspecified atom stereocenters. The number of hydrogen-bond acceptors (Lipinski definition) is 4. The van der Waals surface area contributed by atoms with Gasteiger partial charge in [-0.2, -0.15) is 0 Å². The molecule has 2 saturated heterocycles. The summed E-state index contributed by atoms with van der Waals surface area (Å²) in [5.74, 6) is 0.453. The van der Waals surface area contributed by atoms with Gasteiger partial charge < -0.3 is 10.6 Å². The second-order valence-corrected chi connectivity index (χ2v) is 6.96. The van der Waals surface area contributed by atoms with Crippen molar-refractivity contribution in [3.63, 3.8) is 0 Å². The molecule has 0 bridgehead atoms. The molecule has 0 aromatic heterocycles. The Labute approximate surface area is 95.9 Å². The summed E-state index contributed by atoms with van der Waals surface area (Å²) >= 11 is 0. The van der Waals surface area contributed by atoms with E-state index in [0.29, 0.717) is 12.8 Å². The van der Waals surface area contributed by atoms with Crippen LogP contribution >= 0.6 is 0 Å². The standard InChI is InChI=1S/C10H18N2O3S/c13-10(12-9-1-3-11-6-9)5-8-2-4-16(14,15)7-8/h8-9,11H,1-7H2,(H,12,13). The molecule has 16 heavy (non-hydrogen) atoms. The maximum atomic E-state index is 11.6. The fourth-order valence-electron chi connectivity index (χ4n) is 2.36. The molecule has 5 nitrogen and oxygen atoms in total. The van der Waals surface area contributed by atoms with Gasteiger partial charge in [-0.05, 0) is 25.3 Å². The number of sulfone groups is 1. The Morgan fingerprint density at radius 3 is 2.75 bits per heavy atom. The minimum absolute atomic E-state index is 0.00389. The van der Waals surface area contributed by atoms with Gasteiger partial charge in [0.1, 0.15) is 0 Å². The molecule has 0 aliphatic carbocycles. The molecule has 2 aliphatic heterocycles. The van der Waals surface area contributed by atoms with Crippen molar-refractivity contribution in [3.8, 4) is 0 Å². The predicted molar refractivity (Wildman–Crippen MR) is 60.8 cm³/mol. The molecule has 2 N–H and O–H groups in total. The van der Waals surface area contributed by atoms with E-state index in [1.165, 1.54) is 0 Å². The van der Waals surface area contributed by atoms with E-state index in [9.17, 15) is 13.2 Å². The lowest BCUT2D eigenvalue weighted by Crippen LogP contribution is -2.37. The lowest BCUT2D eigenvalue weighted by molar-refractivity contribution is -0.122. The zero-order chi connectivity index (χ0) is 11.6. The van der Waals surface area contributed by atoms with Crippen LogP contribution in [0.2, 0.25) is 0 Å². The van der Waals surface area contributed by atoms with Gasteiger partial charge in [-0.25, -0.2) is 8.42 Å². The van der Waals surface area contributed by atoms with E-state index in [0.717, 1.165) is 19.5 Å². The average Bonchev–Trinajstić information content (AvgIpc) is 2.76.